The Balaban J connectivity index is 1.54. The Labute approximate surface area is 194 Å². The molecule has 0 unspecified atom stereocenters. The van der Waals surface area contributed by atoms with Gasteiger partial charge in [0, 0.05) is 24.1 Å². The molecule has 0 aliphatic carbocycles. The van der Waals surface area contributed by atoms with Crippen LogP contribution in [-0.4, -0.2) is 39.1 Å². The maximum atomic E-state index is 12.5. The Bertz CT molecular complexity index is 1110. The summed E-state index contributed by atoms with van der Waals surface area (Å²) >= 11 is 2.92. The van der Waals surface area contributed by atoms with Crippen LogP contribution in [0.15, 0.2) is 51.4 Å². The molecule has 0 aliphatic heterocycles. The molecule has 0 aliphatic rings. The molecule has 10 heteroatoms. The lowest BCUT2D eigenvalue weighted by Gasteiger charge is -2.12. The van der Waals surface area contributed by atoms with Crippen LogP contribution in [0, 0.1) is 0 Å². The number of likely N-dealkylation sites (N-methyl/N-ethyl adjacent to an activating group) is 1. The minimum Gasteiger partial charge on any atom is -0.444 e. The van der Waals surface area contributed by atoms with Crippen LogP contribution in [0.4, 0.5) is 5.13 Å². The molecule has 0 saturated heterocycles. The average Bonchev–Trinajstić information content (AvgIpc) is 3.40. The highest BCUT2D eigenvalue weighted by Crippen LogP contribution is 2.32. The summed E-state index contributed by atoms with van der Waals surface area (Å²) in [7, 11) is 1.25. The van der Waals surface area contributed by atoms with Crippen molar-refractivity contribution < 1.29 is 19.2 Å². The van der Waals surface area contributed by atoms with Gasteiger partial charge in [-0.25, -0.2) is 15.0 Å². The van der Waals surface area contributed by atoms with Gasteiger partial charge in [0.05, 0.1) is 22.4 Å². The van der Waals surface area contributed by atoms with Gasteiger partial charge in [-0.2, -0.15) is 0 Å². The number of amides is 2. The van der Waals surface area contributed by atoms with Crippen molar-refractivity contribution in [1.29, 1.82) is 0 Å². The molecule has 2 amide bonds. The number of benzene rings is 1. The molecule has 32 heavy (non-hydrogen) atoms. The second-order valence-electron chi connectivity index (χ2n) is 7.91. The van der Waals surface area contributed by atoms with Crippen molar-refractivity contribution in [3.8, 4) is 0 Å². The summed E-state index contributed by atoms with van der Waals surface area (Å²) < 4.78 is 6.73. The number of hydrogen-bond donors (Lipinski definition) is 2. The van der Waals surface area contributed by atoms with Gasteiger partial charge in [0.15, 0.2) is 5.13 Å². The van der Waals surface area contributed by atoms with Crippen molar-refractivity contribution in [3.63, 3.8) is 0 Å². The highest BCUT2D eigenvalue weighted by molar-refractivity contribution is 8.00. The van der Waals surface area contributed by atoms with E-state index in [4.69, 9.17) is 9.62 Å². The third-order valence-electron chi connectivity index (χ3n) is 4.25. The van der Waals surface area contributed by atoms with Gasteiger partial charge in [0.25, 0.3) is 11.8 Å². The first-order valence-corrected chi connectivity index (χ1v) is 11.5. The molecule has 0 bridgehead atoms. The number of hydrogen-bond acceptors (Lipinski definition) is 8. The molecule has 168 valence electrons. The third-order valence-corrected chi connectivity index (χ3v) is 6.34. The van der Waals surface area contributed by atoms with Crippen LogP contribution in [0.1, 0.15) is 48.3 Å². The number of thiazole rings is 1. The number of anilines is 1. The first kappa shape index (κ1) is 23.7. The van der Waals surface area contributed by atoms with E-state index in [1.807, 2.05) is 0 Å². The van der Waals surface area contributed by atoms with E-state index in [-0.39, 0.29) is 11.3 Å². The van der Waals surface area contributed by atoms with Gasteiger partial charge >= 0.3 is 0 Å². The predicted octanol–water partition coefficient (Wildman–Crippen LogP) is 4.83. The van der Waals surface area contributed by atoms with Crippen LogP contribution in [0.3, 0.4) is 0 Å². The normalized spacial score (nSPS) is 11.7. The topological polar surface area (TPSA) is 109 Å². The number of rotatable bonds is 7. The number of nitrogens with one attached hydrogen (secondary N) is 1. The maximum absolute atomic E-state index is 12.5. The van der Waals surface area contributed by atoms with Crippen molar-refractivity contribution in [2.45, 2.75) is 36.1 Å². The quantitative estimate of drug-likeness (QED) is 0.219. The predicted molar refractivity (Wildman–Crippen MR) is 125 cm³/mol. The minimum absolute atomic E-state index is 0.0834. The molecule has 0 spiro atoms. The Kier molecular flexibility index (Phi) is 7.49. The van der Waals surface area contributed by atoms with Gasteiger partial charge in [-0.15, -0.1) is 11.8 Å². The Morgan fingerprint density at radius 3 is 2.56 bits per heavy atom. The molecular formula is C22H24N4O4S2. The second kappa shape index (κ2) is 10.1. The number of thioether (sulfide) groups is 1. The first-order chi connectivity index (χ1) is 15.1. The summed E-state index contributed by atoms with van der Waals surface area (Å²) in [5.74, 6) is 1.26. The SMILES string of the molecule is CN(O)C(=O)C=Cc1ccc(C(=O)Nc2ncc(SCc3ncc(C(C)(C)C)o3)s2)cc1. The summed E-state index contributed by atoms with van der Waals surface area (Å²) in [5.41, 5.74) is 1.11. The van der Waals surface area contributed by atoms with Gasteiger partial charge in [-0.1, -0.05) is 44.2 Å². The zero-order valence-electron chi connectivity index (χ0n) is 18.2. The van der Waals surface area contributed by atoms with E-state index in [0.29, 0.717) is 27.4 Å². The van der Waals surface area contributed by atoms with Crippen LogP contribution in [0.5, 0.6) is 0 Å². The number of carbonyl (C=O) groups is 2. The summed E-state index contributed by atoms with van der Waals surface area (Å²) in [6.45, 7) is 6.22. The smallest absolute Gasteiger partial charge is 0.269 e. The first-order valence-electron chi connectivity index (χ1n) is 9.71. The molecule has 2 heterocycles. The summed E-state index contributed by atoms with van der Waals surface area (Å²) in [6.07, 6.45) is 6.27. The Morgan fingerprint density at radius 2 is 1.94 bits per heavy atom. The molecule has 1 aromatic carbocycles. The average molecular weight is 473 g/mol. The fourth-order valence-electron chi connectivity index (χ4n) is 2.43. The molecule has 3 rings (SSSR count). The fraction of sp³-hybridized carbons (Fsp3) is 0.273. The third kappa shape index (κ3) is 6.52. The standard InChI is InChI=1S/C22H24N4O4S2/c1-22(2,3)16-11-23-17(30-16)13-31-19-12-24-21(32-19)25-20(28)15-8-5-14(6-9-15)7-10-18(27)26(4)29/h5-12,29H,13H2,1-4H3,(H,24,25,28). The number of hydroxylamine groups is 2. The van der Waals surface area contributed by atoms with E-state index >= 15 is 0 Å². The fourth-order valence-corrected chi connectivity index (χ4v) is 4.15. The number of aromatic nitrogens is 2. The summed E-state index contributed by atoms with van der Waals surface area (Å²) in [6, 6.07) is 6.73. The Morgan fingerprint density at radius 1 is 1.22 bits per heavy atom. The van der Waals surface area contributed by atoms with Gasteiger partial charge < -0.3 is 4.42 Å². The summed E-state index contributed by atoms with van der Waals surface area (Å²) in [5, 5.41) is 12.8. The van der Waals surface area contributed by atoms with Crippen molar-refractivity contribution in [2.75, 3.05) is 12.4 Å². The van der Waals surface area contributed by atoms with Gasteiger partial charge in [0.2, 0.25) is 5.89 Å². The largest absolute Gasteiger partial charge is 0.444 e. The van der Waals surface area contributed by atoms with E-state index in [1.165, 1.54) is 24.5 Å². The van der Waals surface area contributed by atoms with Crippen LogP contribution in [0.25, 0.3) is 6.08 Å². The van der Waals surface area contributed by atoms with Crippen LogP contribution in [0.2, 0.25) is 0 Å². The van der Waals surface area contributed by atoms with Gasteiger partial charge in [-0.05, 0) is 23.8 Å². The molecule has 3 aromatic rings. The van der Waals surface area contributed by atoms with E-state index in [2.05, 4.69) is 36.1 Å². The lowest BCUT2D eigenvalue weighted by atomic mass is 9.94. The maximum Gasteiger partial charge on any atom is 0.269 e. The molecule has 0 fully saturated rings. The lowest BCUT2D eigenvalue weighted by Crippen LogP contribution is -2.19. The summed E-state index contributed by atoms with van der Waals surface area (Å²) in [4.78, 5) is 32.4. The van der Waals surface area contributed by atoms with Gasteiger partial charge in [-0.3, -0.25) is 20.1 Å². The van der Waals surface area contributed by atoms with E-state index in [9.17, 15) is 9.59 Å². The molecule has 2 N–H and O–H groups in total. The van der Waals surface area contributed by atoms with Gasteiger partial charge in [0.1, 0.15) is 5.76 Å². The highest BCUT2D eigenvalue weighted by Gasteiger charge is 2.19. The van der Waals surface area contributed by atoms with Crippen LogP contribution < -0.4 is 5.32 Å². The minimum atomic E-state index is -0.540. The number of nitrogens with zero attached hydrogens (tertiary/aromatic N) is 3. The number of carbonyl (C=O) groups excluding carboxylic acids is 2. The molecule has 0 saturated carbocycles. The molecule has 0 radical (unpaired) electrons. The van der Waals surface area contributed by atoms with Crippen LogP contribution >= 0.6 is 23.1 Å². The van der Waals surface area contributed by atoms with Crippen LogP contribution in [-0.2, 0) is 16.0 Å². The zero-order valence-corrected chi connectivity index (χ0v) is 19.8. The molecule has 2 aromatic heterocycles. The second-order valence-corrected chi connectivity index (χ2v) is 10.2. The molecule has 8 nitrogen and oxygen atoms in total. The monoisotopic (exact) mass is 472 g/mol. The van der Waals surface area contributed by atoms with E-state index < -0.39 is 5.91 Å². The van der Waals surface area contributed by atoms with E-state index in [1.54, 1.807) is 54.5 Å². The Hall–Kier alpha value is -2.95. The molecular weight excluding hydrogens is 448 g/mol. The van der Waals surface area contributed by atoms with E-state index in [0.717, 1.165) is 15.5 Å². The lowest BCUT2D eigenvalue weighted by molar-refractivity contribution is -0.153. The van der Waals surface area contributed by atoms with Crippen molar-refractivity contribution in [1.82, 2.24) is 15.0 Å². The van der Waals surface area contributed by atoms with Crippen molar-refractivity contribution in [3.05, 3.63) is 65.5 Å². The van der Waals surface area contributed by atoms with Crippen molar-refractivity contribution in [2.24, 2.45) is 0 Å². The zero-order chi connectivity index (χ0) is 23.3. The van der Waals surface area contributed by atoms with Crippen molar-refractivity contribution >= 4 is 46.1 Å². The highest BCUT2D eigenvalue weighted by atomic mass is 32.2. The molecule has 0 atom stereocenters. The number of oxazole rings is 1.